The number of hydrogen-bond acceptors (Lipinski definition) is 2. The number of alkyl halides is 3. The Morgan fingerprint density at radius 2 is 1.94 bits per heavy atom. The minimum absolute atomic E-state index is 0.0724. The summed E-state index contributed by atoms with van der Waals surface area (Å²) in [5.41, 5.74) is -0.320. The number of benzene rings is 1. The number of halogens is 3. The molecule has 0 aliphatic heterocycles. The number of aryl methyl sites for hydroxylation is 1. The van der Waals surface area contributed by atoms with E-state index >= 15 is 0 Å². The molecule has 0 fully saturated rings. The monoisotopic (exact) mass is 241 g/mol. The maximum absolute atomic E-state index is 12.8. The topological polar surface area (TPSA) is 22.1 Å². The Kier molecular flexibility index (Phi) is 2.69. The van der Waals surface area contributed by atoms with Gasteiger partial charge in [-0.1, -0.05) is 6.07 Å². The number of hydrogen-bond donors (Lipinski definition) is 0. The smallest absolute Gasteiger partial charge is 0.418 e. The van der Waals surface area contributed by atoms with Crippen LogP contribution in [0.2, 0.25) is 0 Å². The van der Waals surface area contributed by atoms with Crippen molar-refractivity contribution in [2.75, 3.05) is 7.11 Å². The molecule has 0 saturated heterocycles. The highest BCUT2D eigenvalue weighted by molar-refractivity contribution is 5.88. The standard InChI is InChI=1S/C12H10F3NO/c1-7-6-10(17-2)8-4-3-5-9(11(8)16-7)12(13,14)15/h3-6H,1-2H3. The molecule has 5 heteroatoms. The van der Waals surface area contributed by atoms with Gasteiger partial charge >= 0.3 is 6.18 Å². The molecule has 0 amide bonds. The van der Waals surface area contributed by atoms with Gasteiger partial charge < -0.3 is 4.74 Å². The van der Waals surface area contributed by atoms with Gasteiger partial charge in [-0.2, -0.15) is 13.2 Å². The van der Waals surface area contributed by atoms with E-state index in [1.54, 1.807) is 19.1 Å². The molecule has 1 heterocycles. The Morgan fingerprint density at radius 1 is 1.24 bits per heavy atom. The van der Waals surface area contributed by atoms with Crippen LogP contribution in [-0.4, -0.2) is 12.1 Å². The summed E-state index contributed by atoms with van der Waals surface area (Å²) >= 11 is 0. The molecule has 2 aromatic rings. The van der Waals surface area contributed by atoms with Gasteiger partial charge in [-0.3, -0.25) is 4.98 Å². The second-order valence-electron chi connectivity index (χ2n) is 3.67. The molecule has 2 nitrogen and oxygen atoms in total. The van der Waals surface area contributed by atoms with Crippen LogP contribution < -0.4 is 4.74 Å². The van der Waals surface area contributed by atoms with E-state index in [-0.39, 0.29) is 5.52 Å². The fraction of sp³-hybridized carbons (Fsp3) is 0.250. The van der Waals surface area contributed by atoms with Gasteiger partial charge in [0.2, 0.25) is 0 Å². The molecular formula is C12H10F3NO. The van der Waals surface area contributed by atoms with Gasteiger partial charge in [-0.25, -0.2) is 0 Å². The second kappa shape index (κ2) is 3.91. The number of ether oxygens (including phenoxy) is 1. The lowest BCUT2D eigenvalue weighted by Crippen LogP contribution is -2.07. The molecule has 0 saturated carbocycles. The summed E-state index contributed by atoms with van der Waals surface area (Å²) in [4.78, 5) is 3.95. The zero-order valence-electron chi connectivity index (χ0n) is 9.30. The molecule has 0 aliphatic rings. The van der Waals surface area contributed by atoms with Crippen LogP contribution in [0.3, 0.4) is 0 Å². The summed E-state index contributed by atoms with van der Waals surface area (Å²) in [7, 11) is 1.43. The summed E-state index contributed by atoms with van der Waals surface area (Å²) in [6, 6.07) is 5.55. The molecule has 0 atom stereocenters. The highest BCUT2D eigenvalue weighted by atomic mass is 19.4. The third-order valence-corrected chi connectivity index (χ3v) is 2.45. The number of aromatic nitrogens is 1. The van der Waals surface area contributed by atoms with Crippen LogP contribution in [0.25, 0.3) is 10.9 Å². The Labute approximate surface area is 96.0 Å². The van der Waals surface area contributed by atoms with Gasteiger partial charge in [0.25, 0.3) is 0 Å². The van der Waals surface area contributed by atoms with Crippen LogP contribution in [0.1, 0.15) is 11.3 Å². The van der Waals surface area contributed by atoms with E-state index in [0.29, 0.717) is 16.8 Å². The zero-order valence-corrected chi connectivity index (χ0v) is 9.30. The van der Waals surface area contributed by atoms with Crippen LogP contribution in [-0.2, 0) is 6.18 Å². The summed E-state index contributed by atoms with van der Waals surface area (Å²) in [5, 5.41) is 0.368. The molecule has 0 bridgehead atoms. The third-order valence-electron chi connectivity index (χ3n) is 2.45. The highest BCUT2D eigenvalue weighted by Gasteiger charge is 2.33. The number of rotatable bonds is 1. The molecule has 90 valence electrons. The van der Waals surface area contributed by atoms with Crippen molar-refractivity contribution in [3.8, 4) is 5.75 Å². The lowest BCUT2D eigenvalue weighted by Gasteiger charge is -2.12. The molecule has 0 N–H and O–H groups in total. The minimum atomic E-state index is -4.41. The molecule has 1 aromatic carbocycles. The van der Waals surface area contributed by atoms with Crippen molar-refractivity contribution in [2.45, 2.75) is 13.1 Å². The van der Waals surface area contributed by atoms with Crippen LogP contribution in [0.5, 0.6) is 5.75 Å². The maximum Gasteiger partial charge on any atom is 0.418 e. The fourth-order valence-electron chi connectivity index (χ4n) is 1.74. The second-order valence-corrected chi connectivity index (χ2v) is 3.67. The molecule has 0 radical (unpaired) electrons. The number of fused-ring (bicyclic) bond motifs is 1. The predicted octanol–water partition coefficient (Wildman–Crippen LogP) is 3.57. The normalized spacial score (nSPS) is 11.8. The van der Waals surface area contributed by atoms with Crippen LogP contribution in [0.4, 0.5) is 13.2 Å². The summed E-state index contributed by atoms with van der Waals surface area (Å²) < 4.78 is 43.5. The molecule has 0 aliphatic carbocycles. The number of nitrogens with zero attached hydrogens (tertiary/aromatic N) is 1. The third kappa shape index (κ3) is 2.05. The van der Waals surface area contributed by atoms with E-state index in [1.165, 1.54) is 13.2 Å². The summed E-state index contributed by atoms with van der Waals surface area (Å²) in [6.45, 7) is 1.63. The zero-order chi connectivity index (χ0) is 12.6. The number of pyridine rings is 1. The van der Waals surface area contributed by atoms with Crippen molar-refractivity contribution >= 4 is 10.9 Å². The van der Waals surface area contributed by atoms with Crippen molar-refractivity contribution < 1.29 is 17.9 Å². The molecule has 0 spiro atoms. The number of para-hydroxylation sites is 1. The molecule has 1 aromatic heterocycles. The van der Waals surface area contributed by atoms with Crippen LogP contribution in [0.15, 0.2) is 24.3 Å². The number of methoxy groups -OCH3 is 1. The summed E-state index contributed by atoms with van der Waals surface area (Å²) in [6.07, 6.45) is -4.41. The first-order valence-electron chi connectivity index (χ1n) is 4.95. The van der Waals surface area contributed by atoms with Crippen molar-refractivity contribution in [3.63, 3.8) is 0 Å². The largest absolute Gasteiger partial charge is 0.496 e. The van der Waals surface area contributed by atoms with Gasteiger partial charge in [0.15, 0.2) is 0 Å². The molecule has 0 unspecified atom stereocenters. The van der Waals surface area contributed by atoms with Gasteiger partial charge in [0.05, 0.1) is 18.2 Å². The van der Waals surface area contributed by atoms with E-state index in [9.17, 15) is 13.2 Å². The average molecular weight is 241 g/mol. The van der Waals surface area contributed by atoms with Gasteiger partial charge in [-0.15, -0.1) is 0 Å². The Balaban J connectivity index is 2.85. The van der Waals surface area contributed by atoms with Gasteiger partial charge in [0.1, 0.15) is 5.75 Å². The van der Waals surface area contributed by atoms with Crippen LogP contribution >= 0.6 is 0 Å². The fourth-order valence-corrected chi connectivity index (χ4v) is 1.74. The maximum atomic E-state index is 12.8. The van der Waals surface area contributed by atoms with Gasteiger partial charge in [0, 0.05) is 17.1 Å². The van der Waals surface area contributed by atoms with Crippen LogP contribution in [0, 0.1) is 6.92 Å². The van der Waals surface area contributed by atoms with E-state index in [1.807, 2.05) is 0 Å². The van der Waals surface area contributed by atoms with Crippen molar-refractivity contribution in [2.24, 2.45) is 0 Å². The SMILES string of the molecule is COc1cc(C)nc2c(C(F)(F)F)cccc12. The Bertz CT molecular complexity index is 563. The van der Waals surface area contributed by atoms with E-state index in [2.05, 4.69) is 4.98 Å². The quantitative estimate of drug-likeness (QED) is 0.761. The minimum Gasteiger partial charge on any atom is -0.496 e. The molecule has 17 heavy (non-hydrogen) atoms. The summed E-state index contributed by atoms with van der Waals surface area (Å²) in [5.74, 6) is 0.401. The lowest BCUT2D eigenvalue weighted by atomic mass is 10.1. The first-order valence-corrected chi connectivity index (χ1v) is 4.95. The van der Waals surface area contributed by atoms with E-state index in [0.717, 1.165) is 6.07 Å². The van der Waals surface area contributed by atoms with Crippen molar-refractivity contribution in [3.05, 3.63) is 35.5 Å². The first kappa shape index (κ1) is 11.7. The molecular weight excluding hydrogens is 231 g/mol. The Morgan fingerprint density at radius 3 is 2.53 bits per heavy atom. The van der Waals surface area contributed by atoms with E-state index < -0.39 is 11.7 Å². The Hall–Kier alpha value is -1.78. The van der Waals surface area contributed by atoms with Gasteiger partial charge in [-0.05, 0) is 19.1 Å². The highest BCUT2D eigenvalue weighted by Crippen LogP contribution is 2.36. The predicted molar refractivity (Wildman–Crippen MR) is 58.0 cm³/mol. The van der Waals surface area contributed by atoms with Crippen molar-refractivity contribution in [1.29, 1.82) is 0 Å². The lowest BCUT2D eigenvalue weighted by molar-refractivity contribution is -0.136. The molecule has 2 rings (SSSR count). The van der Waals surface area contributed by atoms with E-state index in [4.69, 9.17) is 4.74 Å². The first-order chi connectivity index (χ1) is 7.93. The van der Waals surface area contributed by atoms with Crippen molar-refractivity contribution in [1.82, 2.24) is 4.98 Å². The average Bonchev–Trinajstić information content (AvgIpc) is 2.25.